The average molecular weight is 437 g/mol. The second-order valence-corrected chi connectivity index (χ2v) is 7.25. The van der Waals surface area contributed by atoms with Gasteiger partial charge in [0.25, 0.3) is 11.9 Å². The fraction of sp³-hybridized carbons (Fsp3) is 0.300. The molecule has 9 N–H and O–H groups in total. The van der Waals surface area contributed by atoms with Crippen molar-refractivity contribution >= 4 is 6.08 Å². The Balaban J connectivity index is 1.76. The fourth-order valence-electron chi connectivity index (χ4n) is 3.42. The molecule has 2 aromatic rings. The van der Waals surface area contributed by atoms with Gasteiger partial charge in [-0.3, -0.25) is 0 Å². The molecule has 0 spiro atoms. The molecule has 2 aliphatic heterocycles. The summed E-state index contributed by atoms with van der Waals surface area (Å²) in [5.74, 6) is -2.38. The molecule has 0 saturated carbocycles. The maximum absolute atomic E-state index is 10.2. The van der Waals surface area contributed by atoms with Crippen LogP contribution in [0.25, 0.3) is 6.08 Å². The van der Waals surface area contributed by atoms with Gasteiger partial charge >= 0.3 is 0 Å². The molecular weight excluding hydrogens is 416 g/mol. The third kappa shape index (κ3) is 3.75. The molecule has 0 aromatic heterocycles. The normalized spacial score (nSPS) is 27.7. The fourth-order valence-corrected chi connectivity index (χ4v) is 3.42. The van der Waals surface area contributed by atoms with Crippen LogP contribution in [0.1, 0.15) is 17.2 Å². The van der Waals surface area contributed by atoms with Crippen LogP contribution in [0.15, 0.2) is 30.0 Å². The Kier molecular flexibility index (Phi) is 5.19. The van der Waals surface area contributed by atoms with Gasteiger partial charge in [0, 0.05) is 12.1 Å². The Bertz CT molecular complexity index is 1010. The summed E-state index contributed by atoms with van der Waals surface area (Å²) < 4.78 is 15.4. The zero-order chi connectivity index (χ0) is 22.4. The van der Waals surface area contributed by atoms with Gasteiger partial charge < -0.3 is 55.1 Å². The van der Waals surface area contributed by atoms with Gasteiger partial charge in [0.2, 0.25) is 6.29 Å². The number of aliphatic hydroxyl groups excluding tert-OH is 3. The second kappa shape index (κ2) is 7.71. The number of rotatable bonds is 3. The summed E-state index contributed by atoms with van der Waals surface area (Å²) in [4.78, 5) is 0. The molecule has 5 atom stereocenters. The molecule has 166 valence electrons. The molecule has 4 rings (SSSR count). The molecule has 31 heavy (non-hydrogen) atoms. The predicted molar refractivity (Wildman–Crippen MR) is 102 cm³/mol. The number of phenols is 5. The topological polar surface area (TPSA) is 193 Å². The lowest BCUT2D eigenvalue weighted by Gasteiger charge is -2.36. The molecule has 0 bridgehead atoms. The molecular formula is C20H21O11+. The van der Waals surface area contributed by atoms with E-state index in [2.05, 4.69) is 4.74 Å². The van der Waals surface area contributed by atoms with Crippen molar-refractivity contribution in [3.8, 4) is 34.5 Å². The maximum Gasteiger partial charge on any atom is 0.270 e. The van der Waals surface area contributed by atoms with Crippen molar-refractivity contribution in [1.29, 1.82) is 0 Å². The molecule has 11 heteroatoms. The predicted octanol–water partition coefficient (Wildman–Crippen LogP) is 0.00730. The molecule has 1 fully saturated rings. The van der Waals surface area contributed by atoms with Crippen molar-refractivity contribution in [2.75, 3.05) is 6.61 Å². The Morgan fingerprint density at radius 2 is 1.55 bits per heavy atom. The Morgan fingerprint density at radius 3 is 2.23 bits per heavy atom. The molecule has 2 heterocycles. The van der Waals surface area contributed by atoms with E-state index in [0.717, 1.165) is 18.2 Å². The SMILES string of the molecule is Oc1cc(O)c2c(c1)[OH+]C(c1cc(O)c(O)c(O)c1)C(O[C@H]1OC[C@H](O)[C@@H](O)[C@H]1O)=C2. The van der Waals surface area contributed by atoms with Gasteiger partial charge in [-0.1, -0.05) is 0 Å². The van der Waals surface area contributed by atoms with Gasteiger partial charge in [0.1, 0.15) is 35.4 Å². The first kappa shape index (κ1) is 20.9. The van der Waals surface area contributed by atoms with Gasteiger partial charge in [-0.25, -0.2) is 0 Å². The highest BCUT2D eigenvalue weighted by atomic mass is 16.7. The van der Waals surface area contributed by atoms with Gasteiger partial charge in [-0.2, -0.15) is 0 Å². The average Bonchev–Trinajstić information content (AvgIpc) is 2.72. The van der Waals surface area contributed by atoms with Crippen LogP contribution >= 0.6 is 0 Å². The number of hydrogen-bond acceptors (Lipinski definition) is 10. The Hall–Kier alpha value is -3.38. The molecule has 1 unspecified atom stereocenters. The molecule has 0 radical (unpaired) electrons. The van der Waals surface area contributed by atoms with E-state index in [1.165, 1.54) is 12.1 Å². The number of hydrogen-bond donors (Lipinski definition) is 8. The van der Waals surface area contributed by atoms with E-state index in [0.29, 0.717) is 0 Å². The monoisotopic (exact) mass is 437 g/mol. The van der Waals surface area contributed by atoms with Gasteiger partial charge in [-0.05, 0) is 12.1 Å². The van der Waals surface area contributed by atoms with Crippen LogP contribution in [-0.2, 0) is 9.47 Å². The lowest BCUT2D eigenvalue weighted by atomic mass is 10.00. The van der Waals surface area contributed by atoms with E-state index in [1.807, 2.05) is 0 Å². The number of benzene rings is 2. The molecule has 0 amide bonds. The van der Waals surface area contributed by atoms with Crippen molar-refractivity contribution in [3.05, 3.63) is 41.2 Å². The number of ether oxygens (including phenoxy) is 3. The van der Waals surface area contributed by atoms with Gasteiger partial charge in [-0.15, -0.1) is 0 Å². The molecule has 1 saturated heterocycles. The number of phenolic OH excluding ortho intramolecular Hbond substituents is 5. The Morgan fingerprint density at radius 1 is 0.871 bits per heavy atom. The number of aliphatic hydroxyl groups is 4. The Labute approximate surface area is 174 Å². The van der Waals surface area contributed by atoms with Crippen LogP contribution in [0.2, 0.25) is 0 Å². The smallest absolute Gasteiger partial charge is 0.270 e. The minimum Gasteiger partial charge on any atom is -0.571 e. The first-order valence-corrected chi connectivity index (χ1v) is 9.21. The van der Waals surface area contributed by atoms with Crippen LogP contribution in [0.5, 0.6) is 34.5 Å². The first-order valence-electron chi connectivity index (χ1n) is 9.21. The van der Waals surface area contributed by atoms with Crippen molar-refractivity contribution in [2.24, 2.45) is 0 Å². The highest BCUT2D eigenvalue weighted by molar-refractivity contribution is 5.69. The van der Waals surface area contributed by atoms with E-state index < -0.39 is 48.0 Å². The summed E-state index contributed by atoms with van der Waals surface area (Å²) in [5.41, 5.74) is 0.348. The first-order chi connectivity index (χ1) is 14.7. The van der Waals surface area contributed by atoms with Crippen molar-refractivity contribution in [1.82, 2.24) is 0 Å². The van der Waals surface area contributed by atoms with E-state index in [-0.39, 0.29) is 40.7 Å². The molecule has 0 aliphatic carbocycles. The van der Waals surface area contributed by atoms with Crippen LogP contribution in [0.3, 0.4) is 0 Å². The summed E-state index contributed by atoms with van der Waals surface area (Å²) in [6.07, 6.45) is -5.56. The van der Waals surface area contributed by atoms with Crippen LogP contribution in [0.4, 0.5) is 0 Å². The van der Waals surface area contributed by atoms with Crippen molar-refractivity contribution in [2.45, 2.75) is 30.7 Å². The quantitative estimate of drug-likeness (QED) is 0.239. The molecule has 11 nitrogen and oxygen atoms in total. The van der Waals surface area contributed by atoms with Crippen LogP contribution < -0.4 is 0 Å². The third-order valence-corrected chi connectivity index (χ3v) is 5.06. The summed E-state index contributed by atoms with van der Waals surface area (Å²) in [6, 6.07) is 4.63. The van der Waals surface area contributed by atoms with Gasteiger partial charge in [0.05, 0.1) is 18.2 Å². The van der Waals surface area contributed by atoms with Crippen LogP contribution in [-0.4, -0.2) is 76.8 Å². The van der Waals surface area contributed by atoms with Crippen LogP contribution in [0, 0.1) is 0 Å². The third-order valence-electron chi connectivity index (χ3n) is 5.06. The summed E-state index contributed by atoms with van der Waals surface area (Å²) in [6.45, 7) is -0.311. The van der Waals surface area contributed by atoms with E-state index in [1.54, 1.807) is 0 Å². The molecule has 2 aromatic carbocycles. The zero-order valence-electron chi connectivity index (χ0n) is 15.8. The van der Waals surface area contributed by atoms with E-state index in [9.17, 15) is 40.9 Å². The minimum absolute atomic E-state index is 0.00869. The van der Waals surface area contributed by atoms with Crippen molar-refractivity contribution in [3.63, 3.8) is 0 Å². The van der Waals surface area contributed by atoms with Crippen molar-refractivity contribution < 1.29 is 55.1 Å². The second-order valence-electron chi connectivity index (χ2n) is 7.25. The largest absolute Gasteiger partial charge is 0.571 e. The minimum atomic E-state index is -1.61. The van der Waals surface area contributed by atoms with E-state index in [4.69, 9.17) is 9.47 Å². The summed E-state index contributed by atoms with van der Waals surface area (Å²) >= 11 is 0. The summed E-state index contributed by atoms with van der Waals surface area (Å²) in [7, 11) is 0. The lowest BCUT2D eigenvalue weighted by molar-refractivity contribution is -0.263. The maximum atomic E-state index is 10.2. The van der Waals surface area contributed by atoms with E-state index >= 15 is 0 Å². The standard InChI is InChI=1S/C20H20O11/c21-8-3-10(22)9-5-15(31-20-18(28)17(27)13(25)6-29-20)19(30-14(9)4-8)7-1-11(23)16(26)12(24)2-7/h1-5,13,17-28H,6H2/p+1/t13-,17+,18+,19?,20+/m0/s1. The number of aromatic hydroxyl groups is 6. The highest BCUT2D eigenvalue weighted by Crippen LogP contribution is 2.47. The zero-order valence-corrected chi connectivity index (χ0v) is 15.8. The lowest BCUT2D eigenvalue weighted by Crippen LogP contribution is -2.53. The molecule has 2 aliphatic rings. The summed E-state index contributed by atoms with van der Waals surface area (Å²) in [5, 5.41) is 79.1. The number of fused-ring (bicyclic) bond motifs is 1. The van der Waals surface area contributed by atoms with Gasteiger partial charge in [0.15, 0.2) is 23.0 Å². The highest BCUT2D eigenvalue weighted by Gasteiger charge is 2.42.